The van der Waals surface area contributed by atoms with Crippen LogP contribution in [0.25, 0.3) is 0 Å². The Morgan fingerprint density at radius 1 is 1.63 bits per heavy atom. The van der Waals surface area contributed by atoms with E-state index < -0.39 is 0 Å². The molecule has 1 fully saturated rings. The Kier molecular flexibility index (Phi) is 4.04. The molecule has 5 nitrogen and oxygen atoms in total. The van der Waals surface area contributed by atoms with Crippen molar-refractivity contribution in [3.8, 4) is 0 Å². The molecule has 5 heteroatoms. The fraction of sp³-hybridized carbons (Fsp3) is 0.571. The van der Waals surface area contributed by atoms with E-state index in [9.17, 15) is 4.79 Å². The first kappa shape index (κ1) is 13.8. The maximum atomic E-state index is 11.4. The second kappa shape index (κ2) is 5.57. The number of nitrogens with zero attached hydrogens (tertiary/aromatic N) is 2. The lowest BCUT2D eigenvalue weighted by Crippen LogP contribution is -2.37. The molecule has 0 aromatic carbocycles. The minimum absolute atomic E-state index is 0.204. The Balaban J connectivity index is 1.99. The number of amides is 1. The lowest BCUT2D eigenvalue weighted by molar-refractivity contribution is -0.126. The number of pyridine rings is 1. The molecule has 0 saturated carbocycles. The monoisotopic (exact) mass is 262 g/mol. The van der Waals surface area contributed by atoms with Crippen LogP contribution in [0.5, 0.6) is 0 Å². The number of hydrogen-bond acceptors (Lipinski definition) is 4. The molecule has 0 bridgehead atoms. The van der Waals surface area contributed by atoms with Crippen molar-refractivity contribution in [2.24, 2.45) is 11.1 Å². The summed E-state index contributed by atoms with van der Waals surface area (Å²) in [7, 11) is 0. The fourth-order valence-electron chi connectivity index (χ4n) is 2.50. The van der Waals surface area contributed by atoms with Crippen LogP contribution in [0.1, 0.15) is 26.0 Å². The highest BCUT2D eigenvalue weighted by molar-refractivity contribution is 5.81. The van der Waals surface area contributed by atoms with Crippen LogP contribution in [0, 0.1) is 5.41 Å². The molecular formula is C14H22N4O. The average molecular weight is 262 g/mol. The van der Waals surface area contributed by atoms with Gasteiger partial charge in [0.05, 0.1) is 11.1 Å². The summed E-state index contributed by atoms with van der Waals surface area (Å²) in [6.07, 6.45) is 2.64. The zero-order valence-corrected chi connectivity index (χ0v) is 11.6. The summed E-state index contributed by atoms with van der Waals surface area (Å²) in [4.78, 5) is 18.0. The predicted octanol–water partition coefficient (Wildman–Crippen LogP) is 1.21. The third-order valence-corrected chi connectivity index (χ3v) is 3.73. The molecule has 1 aliphatic rings. The van der Waals surface area contributed by atoms with Gasteiger partial charge in [-0.05, 0) is 38.9 Å². The Labute approximate surface area is 114 Å². The molecule has 1 saturated heterocycles. The summed E-state index contributed by atoms with van der Waals surface area (Å²) in [5.41, 5.74) is 7.18. The molecule has 104 valence electrons. The fourth-order valence-corrected chi connectivity index (χ4v) is 2.50. The van der Waals surface area contributed by atoms with E-state index in [1.165, 1.54) is 0 Å². The number of likely N-dealkylation sites (tertiary alicyclic amines) is 1. The number of rotatable bonds is 5. The Morgan fingerprint density at radius 3 is 3.05 bits per heavy atom. The maximum absolute atomic E-state index is 11.4. The van der Waals surface area contributed by atoms with Gasteiger partial charge in [-0.15, -0.1) is 0 Å². The molecule has 2 heterocycles. The first-order chi connectivity index (χ1) is 9.03. The molecule has 1 aliphatic heterocycles. The van der Waals surface area contributed by atoms with Crippen molar-refractivity contribution in [2.75, 3.05) is 25.0 Å². The van der Waals surface area contributed by atoms with Crippen molar-refractivity contribution in [1.29, 1.82) is 0 Å². The highest BCUT2D eigenvalue weighted by Gasteiger charge is 2.38. The molecule has 0 spiro atoms. The van der Waals surface area contributed by atoms with Gasteiger partial charge in [-0.2, -0.15) is 0 Å². The Hall–Kier alpha value is -1.62. The van der Waals surface area contributed by atoms with Crippen molar-refractivity contribution < 1.29 is 4.79 Å². The number of aromatic nitrogens is 1. The van der Waals surface area contributed by atoms with Gasteiger partial charge in [-0.1, -0.05) is 0 Å². The third-order valence-electron chi connectivity index (χ3n) is 3.73. The largest absolute Gasteiger partial charge is 0.385 e. The topological polar surface area (TPSA) is 71.2 Å². The van der Waals surface area contributed by atoms with Gasteiger partial charge in [-0.25, -0.2) is 0 Å². The van der Waals surface area contributed by atoms with Crippen LogP contribution in [-0.2, 0) is 11.3 Å². The van der Waals surface area contributed by atoms with Gasteiger partial charge in [0.15, 0.2) is 0 Å². The average Bonchev–Trinajstić information content (AvgIpc) is 2.73. The van der Waals surface area contributed by atoms with Crippen molar-refractivity contribution in [1.82, 2.24) is 9.88 Å². The Bertz CT molecular complexity index is 463. The van der Waals surface area contributed by atoms with Gasteiger partial charge in [0.25, 0.3) is 0 Å². The van der Waals surface area contributed by atoms with Gasteiger partial charge >= 0.3 is 0 Å². The summed E-state index contributed by atoms with van der Waals surface area (Å²) in [5, 5.41) is 3.27. The molecule has 1 atom stereocenters. The van der Waals surface area contributed by atoms with Crippen LogP contribution in [-0.4, -0.2) is 35.4 Å². The molecule has 1 aromatic heterocycles. The van der Waals surface area contributed by atoms with Crippen LogP contribution in [0.2, 0.25) is 0 Å². The number of nitrogens with one attached hydrogen (secondary N) is 1. The first-order valence-electron chi connectivity index (χ1n) is 6.74. The SMILES string of the molecule is CCNc1ccnc(CN2CCC(C)(C(N)=O)C2)c1. The van der Waals surface area contributed by atoms with Crippen LogP contribution in [0.4, 0.5) is 5.69 Å². The summed E-state index contributed by atoms with van der Waals surface area (Å²) in [5.74, 6) is -0.204. The molecule has 0 radical (unpaired) electrons. The maximum Gasteiger partial charge on any atom is 0.224 e. The van der Waals surface area contributed by atoms with Gasteiger partial charge in [0.1, 0.15) is 0 Å². The Morgan fingerprint density at radius 2 is 2.42 bits per heavy atom. The number of carbonyl (C=O) groups is 1. The lowest BCUT2D eigenvalue weighted by Gasteiger charge is -2.20. The summed E-state index contributed by atoms with van der Waals surface area (Å²) in [6, 6.07) is 4.02. The van der Waals surface area contributed by atoms with Gasteiger partial charge in [-0.3, -0.25) is 14.7 Å². The van der Waals surface area contributed by atoms with E-state index in [0.29, 0.717) is 0 Å². The molecule has 3 N–H and O–H groups in total. The lowest BCUT2D eigenvalue weighted by atomic mass is 9.89. The van der Waals surface area contributed by atoms with Crippen molar-refractivity contribution in [2.45, 2.75) is 26.8 Å². The first-order valence-corrected chi connectivity index (χ1v) is 6.74. The normalized spacial score (nSPS) is 23.5. The second-order valence-electron chi connectivity index (χ2n) is 5.45. The van der Waals surface area contributed by atoms with Gasteiger partial charge < -0.3 is 11.1 Å². The standard InChI is InChI=1S/C14H22N4O/c1-3-16-11-4-6-17-12(8-11)9-18-7-5-14(2,10-18)13(15)19/h4,6,8H,3,5,7,9-10H2,1-2H3,(H2,15,19)(H,16,17). The number of anilines is 1. The van der Waals surface area contributed by atoms with Crippen LogP contribution in [0.3, 0.4) is 0 Å². The molecule has 2 rings (SSSR count). The molecular weight excluding hydrogens is 240 g/mol. The third kappa shape index (κ3) is 3.23. The molecule has 1 amide bonds. The van der Waals surface area contributed by atoms with E-state index in [0.717, 1.165) is 44.0 Å². The summed E-state index contributed by atoms with van der Waals surface area (Å²) >= 11 is 0. The highest BCUT2D eigenvalue weighted by Crippen LogP contribution is 2.30. The van der Waals surface area contributed by atoms with Crippen LogP contribution in [0.15, 0.2) is 18.3 Å². The van der Waals surface area contributed by atoms with E-state index in [2.05, 4.69) is 28.2 Å². The number of nitrogens with two attached hydrogens (primary N) is 1. The van der Waals surface area contributed by atoms with Crippen molar-refractivity contribution in [3.05, 3.63) is 24.0 Å². The van der Waals surface area contributed by atoms with Crippen molar-refractivity contribution >= 4 is 11.6 Å². The highest BCUT2D eigenvalue weighted by atomic mass is 16.1. The number of primary amides is 1. The predicted molar refractivity (Wildman–Crippen MR) is 75.6 cm³/mol. The van der Waals surface area contributed by atoms with E-state index in [-0.39, 0.29) is 11.3 Å². The quantitative estimate of drug-likeness (QED) is 0.836. The van der Waals surface area contributed by atoms with Crippen molar-refractivity contribution in [3.63, 3.8) is 0 Å². The zero-order valence-electron chi connectivity index (χ0n) is 11.6. The van der Waals surface area contributed by atoms with E-state index in [4.69, 9.17) is 5.73 Å². The van der Waals surface area contributed by atoms with E-state index in [1.807, 2.05) is 19.2 Å². The van der Waals surface area contributed by atoms with Crippen LogP contribution < -0.4 is 11.1 Å². The minimum Gasteiger partial charge on any atom is -0.385 e. The number of carbonyl (C=O) groups excluding carboxylic acids is 1. The second-order valence-corrected chi connectivity index (χ2v) is 5.45. The smallest absolute Gasteiger partial charge is 0.224 e. The van der Waals surface area contributed by atoms with E-state index in [1.54, 1.807) is 0 Å². The van der Waals surface area contributed by atoms with E-state index >= 15 is 0 Å². The molecule has 19 heavy (non-hydrogen) atoms. The summed E-state index contributed by atoms with van der Waals surface area (Å²) < 4.78 is 0. The molecule has 0 aliphatic carbocycles. The zero-order chi connectivity index (χ0) is 13.9. The summed E-state index contributed by atoms with van der Waals surface area (Å²) in [6.45, 7) is 7.29. The molecule has 1 unspecified atom stereocenters. The molecule has 1 aromatic rings. The number of hydrogen-bond donors (Lipinski definition) is 2. The van der Waals surface area contributed by atoms with Gasteiger partial charge in [0, 0.05) is 31.5 Å². The van der Waals surface area contributed by atoms with Crippen LogP contribution >= 0.6 is 0 Å². The minimum atomic E-state index is -0.390. The van der Waals surface area contributed by atoms with Gasteiger partial charge in [0.2, 0.25) is 5.91 Å².